The van der Waals surface area contributed by atoms with Crippen LogP contribution in [0.2, 0.25) is 0 Å². The molecule has 0 heterocycles. The maximum absolute atomic E-state index is 2.36. The van der Waals surface area contributed by atoms with E-state index in [0.717, 1.165) is 12.8 Å². The van der Waals surface area contributed by atoms with Crippen molar-refractivity contribution in [2.75, 3.05) is 0 Å². The molecule has 0 fully saturated rings. The van der Waals surface area contributed by atoms with Crippen LogP contribution in [0.5, 0.6) is 0 Å². The minimum absolute atomic E-state index is 0.182. The van der Waals surface area contributed by atoms with Gasteiger partial charge in [0.05, 0.1) is 0 Å². The standard InChI is InChI=1S/C19H26/c1-15-6-12-19(5,13-7-15)16(2)14-17-8-10-18(3,4)11-9-17/h6-10,12,14H,11,13H2,1-5H3/b16-14-. The van der Waals surface area contributed by atoms with Crippen molar-refractivity contribution < 1.29 is 0 Å². The summed E-state index contributed by atoms with van der Waals surface area (Å²) < 4.78 is 0. The molecule has 0 N–H and O–H groups in total. The molecule has 0 aromatic carbocycles. The fourth-order valence-electron chi connectivity index (χ4n) is 2.48. The quantitative estimate of drug-likeness (QED) is 0.588. The van der Waals surface area contributed by atoms with Gasteiger partial charge < -0.3 is 0 Å². The maximum Gasteiger partial charge on any atom is 0.0101 e. The molecule has 0 saturated heterocycles. The van der Waals surface area contributed by atoms with Gasteiger partial charge in [0.25, 0.3) is 0 Å². The fourth-order valence-corrected chi connectivity index (χ4v) is 2.48. The molecule has 0 aromatic heterocycles. The van der Waals surface area contributed by atoms with Gasteiger partial charge in [-0.05, 0) is 37.7 Å². The molecule has 0 amide bonds. The van der Waals surface area contributed by atoms with E-state index in [1.807, 2.05) is 0 Å². The molecule has 0 aromatic rings. The van der Waals surface area contributed by atoms with Crippen LogP contribution in [0.1, 0.15) is 47.5 Å². The summed E-state index contributed by atoms with van der Waals surface area (Å²) in [7, 11) is 0. The summed E-state index contributed by atoms with van der Waals surface area (Å²) >= 11 is 0. The Labute approximate surface area is 118 Å². The zero-order chi connectivity index (χ0) is 14.1. The molecule has 0 nitrogen and oxygen atoms in total. The van der Waals surface area contributed by atoms with Crippen molar-refractivity contribution in [3.8, 4) is 0 Å². The van der Waals surface area contributed by atoms with Gasteiger partial charge in [-0.15, -0.1) is 0 Å². The minimum atomic E-state index is 0.182. The molecule has 19 heavy (non-hydrogen) atoms. The number of hydrogen-bond donors (Lipinski definition) is 0. The number of allylic oxidation sites excluding steroid dienone is 10. The first-order chi connectivity index (χ1) is 8.81. The SMILES string of the molecule is CC1=CCC(C)(/C(C)=C\C2=CCC(C)(C)C=C2)C=C1. The van der Waals surface area contributed by atoms with Gasteiger partial charge in [-0.1, -0.05) is 74.4 Å². The van der Waals surface area contributed by atoms with Crippen LogP contribution >= 0.6 is 0 Å². The second-order valence-corrected chi connectivity index (χ2v) is 6.96. The monoisotopic (exact) mass is 254 g/mol. The third-order valence-electron chi connectivity index (χ3n) is 4.44. The van der Waals surface area contributed by atoms with Crippen molar-refractivity contribution in [2.45, 2.75) is 47.5 Å². The molecule has 2 aliphatic carbocycles. The van der Waals surface area contributed by atoms with Crippen molar-refractivity contribution in [1.82, 2.24) is 0 Å². The number of hydrogen-bond acceptors (Lipinski definition) is 0. The summed E-state index contributed by atoms with van der Waals surface area (Å²) in [6, 6.07) is 0. The van der Waals surface area contributed by atoms with E-state index >= 15 is 0 Å². The lowest BCUT2D eigenvalue weighted by molar-refractivity contribution is 0.482. The van der Waals surface area contributed by atoms with E-state index in [0.29, 0.717) is 5.41 Å². The molecule has 1 unspecified atom stereocenters. The van der Waals surface area contributed by atoms with E-state index in [1.54, 1.807) is 0 Å². The molecular formula is C19H26. The van der Waals surface area contributed by atoms with E-state index in [9.17, 15) is 0 Å². The van der Waals surface area contributed by atoms with Crippen LogP contribution in [-0.2, 0) is 0 Å². The van der Waals surface area contributed by atoms with E-state index in [4.69, 9.17) is 0 Å². The third-order valence-corrected chi connectivity index (χ3v) is 4.44. The molecule has 0 saturated carbocycles. The Balaban J connectivity index is 2.15. The lowest BCUT2D eigenvalue weighted by atomic mass is 9.75. The fraction of sp³-hybridized carbons (Fsp3) is 0.474. The van der Waals surface area contributed by atoms with Gasteiger partial charge in [-0.2, -0.15) is 0 Å². The predicted octanol–water partition coefficient (Wildman–Crippen LogP) is 5.76. The molecule has 0 spiro atoms. The summed E-state index contributed by atoms with van der Waals surface area (Å²) in [5.74, 6) is 0. The molecule has 0 bridgehead atoms. The molecule has 102 valence electrons. The van der Waals surface area contributed by atoms with Crippen LogP contribution in [0.3, 0.4) is 0 Å². The molecular weight excluding hydrogens is 228 g/mol. The Morgan fingerprint density at radius 2 is 1.79 bits per heavy atom. The maximum atomic E-state index is 2.36. The second-order valence-electron chi connectivity index (χ2n) is 6.96. The first kappa shape index (κ1) is 14.1. The summed E-state index contributed by atoms with van der Waals surface area (Å²) in [6.07, 6.45) is 18.5. The highest BCUT2D eigenvalue weighted by Gasteiger charge is 2.24. The van der Waals surface area contributed by atoms with Crippen molar-refractivity contribution in [1.29, 1.82) is 0 Å². The van der Waals surface area contributed by atoms with Crippen molar-refractivity contribution >= 4 is 0 Å². The largest absolute Gasteiger partial charge is 0.0804 e. The van der Waals surface area contributed by atoms with E-state index < -0.39 is 0 Å². The molecule has 0 aliphatic heterocycles. The van der Waals surface area contributed by atoms with Gasteiger partial charge in [0.2, 0.25) is 0 Å². The highest BCUT2D eigenvalue weighted by Crippen LogP contribution is 2.38. The van der Waals surface area contributed by atoms with Gasteiger partial charge in [0, 0.05) is 5.41 Å². The number of rotatable bonds is 2. The molecule has 2 aliphatic rings. The van der Waals surface area contributed by atoms with E-state index in [1.165, 1.54) is 16.7 Å². The summed E-state index contributed by atoms with van der Waals surface area (Å²) in [6.45, 7) is 11.3. The molecule has 0 heteroatoms. The first-order valence-electron chi connectivity index (χ1n) is 7.25. The third kappa shape index (κ3) is 3.37. The summed E-state index contributed by atoms with van der Waals surface area (Å²) in [5.41, 5.74) is 4.69. The highest BCUT2D eigenvalue weighted by molar-refractivity contribution is 5.40. The summed E-state index contributed by atoms with van der Waals surface area (Å²) in [5, 5.41) is 0. The Kier molecular flexibility index (Phi) is 3.71. The van der Waals surface area contributed by atoms with Crippen LogP contribution < -0.4 is 0 Å². The Hall–Kier alpha value is -1.30. The highest BCUT2D eigenvalue weighted by atomic mass is 14.3. The van der Waals surface area contributed by atoms with Crippen molar-refractivity contribution in [2.24, 2.45) is 10.8 Å². The van der Waals surface area contributed by atoms with E-state index in [2.05, 4.69) is 77.2 Å². The zero-order valence-corrected chi connectivity index (χ0v) is 13.0. The lowest BCUT2D eigenvalue weighted by Crippen LogP contribution is -2.16. The average molecular weight is 254 g/mol. The first-order valence-corrected chi connectivity index (χ1v) is 7.25. The van der Waals surface area contributed by atoms with Crippen LogP contribution in [0.4, 0.5) is 0 Å². The zero-order valence-electron chi connectivity index (χ0n) is 13.0. The Morgan fingerprint density at radius 1 is 1.05 bits per heavy atom. The Bertz CT molecular complexity index is 506. The molecule has 2 rings (SSSR count). The summed E-state index contributed by atoms with van der Waals surface area (Å²) in [4.78, 5) is 0. The van der Waals surface area contributed by atoms with Crippen LogP contribution in [0.15, 0.2) is 59.3 Å². The normalized spacial score (nSPS) is 30.1. The predicted molar refractivity (Wildman–Crippen MR) is 85.0 cm³/mol. The van der Waals surface area contributed by atoms with Gasteiger partial charge in [-0.25, -0.2) is 0 Å². The molecule has 1 atom stereocenters. The van der Waals surface area contributed by atoms with Crippen molar-refractivity contribution in [3.05, 3.63) is 59.3 Å². The topological polar surface area (TPSA) is 0 Å². The van der Waals surface area contributed by atoms with Gasteiger partial charge in [-0.3, -0.25) is 0 Å². The van der Waals surface area contributed by atoms with Crippen LogP contribution in [0, 0.1) is 10.8 Å². The molecule has 0 radical (unpaired) electrons. The van der Waals surface area contributed by atoms with Gasteiger partial charge >= 0.3 is 0 Å². The van der Waals surface area contributed by atoms with Crippen LogP contribution in [-0.4, -0.2) is 0 Å². The smallest absolute Gasteiger partial charge is 0.0101 e. The van der Waals surface area contributed by atoms with Gasteiger partial charge in [0.15, 0.2) is 0 Å². The van der Waals surface area contributed by atoms with Crippen LogP contribution in [0.25, 0.3) is 0 Å². The van der Waals surface area contributed by atoms with Gasteiger partial charge in [0.1, 0.15) is 0 Å². The lowest BCUT2D eigenvalue weighted by Gasteiger charge is -2.29. The van der Waals surface area contributed by atoms with E-state index in [-0.39, 0.29) is 5.41 Å². The Morgan fingerprint density at radius 3 is 2.32 bits per heavy atom. The second kappa shape index (κ2) is 5.00. The van der Waals surface area contributed by atoms with Crippen molar-refractivity contribution in [3.63, 3.8) is 0 Å². The minimum Gasteiger partial charge on any atom is -0.0804 e. The average Bonchev–Trinajstić information content (AvgIpc) is 2.36.